The molecule has 0 spiro atoms. The molecule has 128 valence electrons. The molecule has 0 fully saturated rings. The van der Waals surface area contributed by atoms with Crippen LogP contribution in [0.4, 0.5) is 0 Å². The Morgan fingerprint density at radius 2 is 1.54 bits per heavy atom. The van der Waals surface area contributed by atoms with Crippen molar-refractivity contribution in [3.05, 3.63) is 53.9 Å². The maximum absolute atomic E-state index is 12.1. The largest absolute Gasteiger partial charge is 0.493 e. The predicted octanol–water partition coefficient (Wildman–Crippen LogP) is 4.03. The van der Waals surface area contributed by atoms with Crippen LogP contribution < -0.4 is 14.2 Å². The molecule has 0 amide bonds. The summed E-state index contributed by atoms with van der Waals surface area (Å²) in [6.07, 6.45) is 6.33. The summed E-state index contributed by atoms with van der Waals surface area (Å²) in [7, 11) is 4.63. The Kier molecular flexibility index (Phi) is 8.05. The Morgan fingerprint density at radius 3 is 2.08 bits per heavy atom. The molecule has 5 heteroatoms. The van der Waals surface area contributed by atoms with Crippen LogP contribution in [-0.2, 0) is 0 Å². The molecule has 2 aromatic rings. The van der Waals surface area contributed by atoms with Crippen molar-refractivity contribution in [1.82, 2.24) is 4.98 Å². The van der Waals surface area contributed by atoms with Crippen molar-refractivity contribution in [1.29, 1.82) is 0 Å². The first-order valence-electron chi connectivity index (χ1n) is 7.62. The van der Waals surface area contributed by atoms with Crippen LogP contribution in [0.5, 0.6) is 17.2 Å². The molecule has 0 aliphatic rings. The number of nitrogens with zero attached hydrogens (tertiary/aromatic N) is 1. The average Bonchev–Trinajstić information content (AvgIpc) is 2.67. The van der Waals surface area contributed by atoms with E-state index in [1.165, 1.54) is 13.2 Å². The van der Waals surface area contributed by atoms with Crippen LogP contribution in [0.3, 0.4) is 0 Å². The van der Waals surface area contributed by atoms with Crippen molar-refractivity contribution in [2.45, 2.75) is 13.8 Å². The summed E-state index contributed by atoms with van der Waals surface area (Å²) < 4.78 is 15.9. The average molecular weight is 329 g/mol. The fourth-order valence-electron chi connectivity index (χ4n) is 2.03. The molecule has 24 heavy (non-hydrogen) atoms. The Bertz CT molecular complexity index is 681. The van der Waals surface area contributed by atoms with Gasteiger partial charge in [0.1, 0.15) is 0 Å². The standard InChI is InChI=1S/C17H17NO4.C2H6/c1-20-15-7-5-13(16(21-2)17(15)22-3)4-6-14(19)12-8-10-18-11-9-12;1-2/h4-11H,1-3H3;1-2H3/b6-4+;. The number of aromatic nitrogens is 1. The molecule has 0 saturated carbocycles. The third-order valence-electron chi connectivity index (χ3n) is 3.11. The van der Waals surface area contributed by atoms with Gasteiger partial charge in [-0.2, -0.15) is 0 Å². The highest BCUT2D eigenvalue weighted by Crippen LogP contribution is 2.40. The van der Waals surface area contributed by atoms with E-state index in [0.29, 0.717) is 22.8 Å². The van der Waals surface area contributed by atoms with E-state index in [0.717, 1.165) is 5.56 Å². The summed E-state index contributed by atoms with van der Waals surface area (Å²) in [4.78, 5) is 16.0. The van der Waals surface area contributed by atoms with Crippen LogP contribution in [-0.4, -0.2) is 32.1 Å². The predicted molar refractivity (Wildman–Crippen MR) is 95.0 cm³/mol. The number of ketones is 1. The van der Waals surface area contributed by atoms with Gasteiger partial charge in [0.05, 0.1) is 21.3 Å². The summed E-state index contributed by atoms with van der Waals surface area (Å²) >= 11 is 0. The quantitative estimate of drug-likeness (QED) is 0.591. The van der Waals surface area contributed by atoms with Gasteiger partial charge in [-0.05, 0) is 36.4 Å². The van der Waals surface area contributed by atoms with Crippen LogP contribution in [0.2, 0.25) is 0 Å². The van der Waals surface area contributed by atoms with Gasteiger partial charge in [0, 0.05) is 23.5 Å². The zero-order valence-electron chi connectivity index (χ0n) is 14.7. The highest BCUT2D eigenvalue weighted by molar-refractivity contribution is 6.06. The van der Waals surface area contributed by atoms with Crippen molar-refractivity contribution in [2.75, 3.05) is 21.3 Å². The number of methoxy groups -OCH3 is 3. The minimum atomic E-state index is -0.112. The number of carbonyl (C=O) groups is 1. The number of rotatable bonds is 6. The van der Waals surface area contributed by atoms with Crippen LogP contribution in [0.1, 0.15) is 29.8 Å². The third-order valence-corrected chi connectivity index (χ3v) is 3.11. The first-order chi connectivity index (χ1) is 11.7. The number of benzene rings is 1. The van der Waals surface area contributed by atoms with Crippen molar-refractivity contribution in [3.63, 3.8) is 0 Å². The van der Waals surface area contributed by atoms with E-state index < -0.39 is 0 Å². The molecule has 0 N–H and O–H groups in total. The van der Waals surface area contributed by atoms with Crippen LogP contribution in [0.25, 0.3) is 6.08 Å². The third kappa shape index (κ3) is 4.59. The first kappa shape index (κ1) is 19.2. The molecule has 0 aliphatic carbocycles. The van der Waals surface area contributed by atoms with Gasteiger partial charge in [0.2, 0.25) is 5.75 Å². The fourth-order valence-corrected chi connectivity index (χ4v) is 2.03. The van der Waals surface area contributed by atoms with Crippen LogP contribution >= 0.6 is 0 Å². The minimum Gasteiger partial charge on any atom is -0.493 e. The van der Waals surface area contributed by atoms with Gasteiger partial charge >= 0.3 is 0 Å². The van der Waals surface area contributed by atoms with E-state index >= 15 is 0 Å². The molecule has 0 bridgehead atoms. The van der Waals surface area contributed by atoms with Gasteiger partial charge in [0.15, 0.2) is 17.3 Å². The number of allylic oxidation sites excluding steroid dienone is 1. The lowest BCUT2D eigenvalue weighted by molar-refractivity contribution is 0.104. The van der Waals surface area contributed by atoms with Crippen molar-refractivity contribution < 1.29 is 19.0 Å². The highest BCUT2D eigenvalue weighted by Gasteiger charge is 2.14. The van der Waals surface area contributed by atoms with Gasteiger partial charge in [0.25, 0.3) is 0 Å². The van der Waals surface area contributed by atoms with Gasteiger partial charge in [-0.15, -0.1) is 0 Å². The summed E-state index contributed by atoms with van der Waals surface area (Å²) in [6, 6.07) is 6.89. The Morgan fingerprint density at radius 1 is 0.917 bits per heavy atom. The van der Waals surface area contributed by atoms with Crippen molar-refractivity contribution in [3.8, 4) is 17.2 Å². The van der Waals surface area contributed by atoms with Gasteiger partial charge < -0.3 is 14.2 Å². The normalized spacial score (nSPS) is 9.88. The first-order valence-corrected chi connectivity index (χ1v) is 7.62. The SMILES string of the molecule is CC.COc1ccc(/C=C/C(=O)c2ccncc2)c(OC)c1OC. The molecule has 1 aromatic carbocycles. The number of pyridine rings is 1. The molecule has 0 radical (unpaired) electrons. The lowest BCUT2D eigenvalue weighted by Gasteiger charge is -2.13. The lowest BCUT2D eigenvalue weighted by atomic mass is 10.1. The molecular formula is C19H23NO4. The monoisotopic (exact) mass is 329 g/mol. The number of hydrogen-bond acceptors (Lipinski definition) is 5. The molecule has 1 aromatic heterocycles. The van der Waals surface area contributed by atoms with Crippen molar-refractivity contribution >= 4 is 11.9 Å². The molecule has 2 rings (SSSR count). The van der Waals surface area contributed by atoms with E-state index in [4.69, 9.17) is 14.2 Å². The molecule has 0 aliphatic heterocycles. The van der Waals surface area contributed by atoms with E-state index in [-0.39, 0.29) is 5.78 Å². The molecule has 0 saturated heterocycles. The molecule has 0 atom stereocenters. The molecule has 0 unspecified atom stereocenters. The summed E-state index contributed by atoms with van der Waals surface area (Å²) in [5.74, 6) is 1.46. The summed E-state index contributed by atoms with van der Waals surface area (Å²) in [6.45, 7) is 4.00. The van der Waals surface area contributed by atoms with Crippen LogP contribution in [0.15, 0.2) is 42.7 Å². The second kappa shape index (κ2) is 10.0. The maximum atomic E-state index is 12.1. The number of carbonyl (C=O) groups excluding carboxylic acids is 1. The van der Waals surface area contributed by atoms with E-state index in [1.807, 2.05) is 13.8 Å². The van der Waals surface area contributed by atoms with Crippen molar-refractivity contribution in [2.24, 2.45) is 0 Å². The van der Waals surface area contributed by atoms with Crippen LogP contribution in [0, 0.1) is 0 Å². The Labute approximate surface area is 142 Å². The molecule has 5 nitrogen and oxygen atoms in total. The molecule has 1 heterocycles. The lowest BCUT2D eigenvalue weighted by Crippen LogP contribution is -1.97. The number of hydrogen-bond donors (Lipinski definition) is 0. The topological polar surface area (TPSA) is 57.7 Å². The van der Waals surface area contributed by atoms with Gasteiger partial charge in [-0.3, -0.25) is 9.78 Å². The fraction of sp³-hybridized carbons (Fsp3) is 0.263. The Balaban J connectivity index is 0.00000139. The summed E-state index contributed by atoms with van der Waals surface area (Å²) in [5.41, 5.74) is 1.30. The number of ether oxygens (including phenoxy) is 3. The summed E-state index contributed by atoms with van der Waals surface area (Å²) in [5, 5.41) is 0. The zero-order valence-corrected chi connectivity index (χ0v) is 14.7. The molecular weight excluding hydrogens is 306 g/mol. The second-order valence-corrected chi connectivity index (χ2v) is 4.36. The Hall–Kier alpha value is -2.82. The zero-order chi connectivity index (χ0) is 17.9. The highest BCUT2D eigenvalue weighted by atomic mass is 16.5. The second-order valence-electron chi connectivity index (χ2n) is 4.36. The smallest absolute Gasteiger partial charge is 0.203 e. The van der Waals surface area contributed by atoms with Gasteiger partial charge in [-0.25, -0.2) is 0 Å². The maximum Gasteiger partial charge on any atom is 0.203 e. The van der Waals surface area contributed by atoms with Gasteiger partial charge in [-0.1, -0.05) is 13.8 Å². The van der Waals surface area contributed by atoms with E-state index in [1.54, 1.807) is 57.0 Å². The van der Waals surface area contributed by atoms with E-state index in [2.05, 4.69) is 4.98 Å². The minimum absolute atomic E-state index is 0.112. The van der Waals surface area contributed by atoms with E-state index in [9.17, 15) is 4.79 Å².